The van der Waals surface area contributed by atoms with Crippen molar-refractivity contribution in [3.05, 3.63) is 104 Å². The molecule has 4 aromatic rings. The molecule has 7 heteroatoms. The predicted molar refractivity (Wildman–Crippen MR) is 149 cm³/mol. The summed E-state index contributed by atoms with van der Waals surface area (Å²) in [6.45, 7) is 6.27. The highest BCUT2D eigenvalue weighted by atomic mass is 35.5. The van der Waals surface area contributed by atoms with Crippen LogP contribution in [0.25, 0.3) is 10.1 Å². The van der Waals surface area contributed by atoms with Gasteiger partial charge in [-0.05, 0) is 36.2 Å². The number of halogens is 2. The van der Waals surface area contributed by atoms with Gasteiger partial charge in [0.15, 0.2) is 0 Å². The number of thiophene rings is 1. The smallest absolute Gasteiger partial charge is 0.265 e. The second-order valence-electron chi connectivity index (χ2n) is 9.17. The minimum atomic E-state index is -0.0953. The average molecular weight is 540 g/mol. The fourth-order valence-corrected chi connectivity index (χ4v) is 6.20. The molecule has 5 rings (SSSR count). The Kier molecular flexibility index (Phi) is 7.94. The molecule has 1 amide bonds. The van der Waals surface area contributed by atoms with Gasteiger partial charge in [-0.25, -0.2) is 0 Å². The van der Waals surface area contributed by atoms with Crippen molar-refractivity contribution in [3.8, 4) is 0 Å². The molecule has 1 saturated heterocycles. The number of rotatable bonds is 7. The predicted octanol–water partition coefficient (Wildman–Crippen LogP) is 7.23. The van der Waals surface area contributed by atoms with Gasteiger partial charge in [0.25, 0.3) is 5.91 Å². The Balaban J connectivity index is 1.24. The third-order valence-electron chi connectivity index (χ3n) is 6.59. The molecule has 1 aliphatic rings. The number of ether oxygens (including phenoxy) is 1. The molecular weight excluding hydrogens is 511 g/mol. The molecule has 0 bridgehead atoms. The van der Waals surface area contributed by atoms with E-state index in [-0.39, 0.29) is 12.0 Å². The van der Waals surface area contributed by atoms with Gasteiger partial charge in [-0.3, -0.25) is 9.69 Å². The maximum Gasteiger partial charge on any atom is 0.265 e. The van der Waals surface area contributed by atoms with E-state index in [0.717, 1.165) is 40.8 Å². The summed E-state index contributed by atoms with van der Waals surface area (Å²) < 4.78 is 7.47. The van der Waals surface area contributed by atoms with Gasteiger partial charge in [0, 0.05) is 47.8 Å². The van der Waals surface area contributed by atoms with E-state index in [0.29, 0.717) is 34.6 Å². The average Bonchev–Trinajstić information content (AvgIpc) is 3.23. The number of hydrogen-bond acceptors (Lipinski definition) is 4. The van der Waals surface area contributed by atoms with Crippen LogP contribution < -0.4 is 0 Å². The standard InChI is InChI=1S/C29H28Cl2N2O2S/c1-20-5-4-6-21(17-20)19-35-25(22-9-11-23(30)12-10-22)18-32-13-15-33(16-14-32)29(34)28-27(31)24-7-2-3-8-26(24)36-28/h2-12,17,25H,13-16,18-19H2,1H3/t25-/m1/s1. The number of piperazine rings is 1. The monoisotopic (exact) mass is 538 g/mol. The fourth-order valence-electron chi connectivity index (χ4n) is 4.59. The van der Waals surface area contributed by atoms with Crippen molar-refractivity contribution in [1.29, 1.82) is 0 Å². The zero-order valence-corrected chi connectivity index (χ0v) is 22.5. The summed E-state index contributed by atoms with van der Waals surface area (Å²) in [7, 11) is 0. The van der Waals surface area contributed by atoms with Crippen LogP contribution in [0.3, 0.4) is 0 Å². The van der Waals surface area contributed by atoms with E-state index < -0.39 is 0 Å². The highest BCUT2D eigenvalue weighted by molar-refractivity contribution is 7.21. The lowest BCUT2D eigenvalue weighted by Gasteiger charge is -2.36. The van der Waals surface area contributed by atoms with E-state index in [4.69, 9.17) is 27.9 Å². The lowest BCUT2D eigenvalue weighted by atomic mass is 10.1. The third-order valence-corrected chi connectivity index (χ3v) is 8.50. The van der Waals surface area contributed by atoms with Gasteiger partial charge in [0.2, 0.25) is 0 Å². The van der Waals surface area contributed by atoms with Crippen molar-refractivity contribution in [3.63, 3.8) is 0 Å². The summed E-state index contributed by atoms with van der Waals surface area (Å²) in [5, 5.41) is 2.22. The number of carbonyl (C=O) groups excluding carboxylic acids is 1. The van der Waals surface area contributed by atoms with Crippen molar-refractivity contribution in [2.45, 2.75) is 19.6 Å². The van der Waals surface area contributed by atoms with Crippen LogP contribution in [-0.4, -0.2) is 48.4 Å². The lowest BCUT2D eigenvalue weighted by molar-refractivity contribution is 0.00347. The normalized spacial score (nSPS) is 15.4. The van der Waals surface area contributed by atoms with Crippen molar-refractivity contribution in [1.82, 2.24) is 9.80 Å². The maximum absolute atomic E-state index is 13.3. The van der Waals surface area contributed by atoms with E-state index in [1.807, 2.05) is 53.4 Å². The molecule has 1 atom stereocenters. The van der Waals surface area contributed by atoms with Gasteiger partial charge in [-0.1, -0.05) is 83.4 Å². The Hall–Kier alpha value is -2.41. The summed E-state index contributed by atoms with van der Waals surface area (Å²) in [5.41, 5.74) is 3.48. The first-order valence-electron chi connectivity index (χ1n) is 12.1. The van der Waals surface area contributed by atoms with E-state index >= 15 is 0 Å². The first-order valence-corrected chi connectivity index (χ1v) is 13.7. The van der Waals surface area contributed by atoms with Crippen molar-refractivity contribution < 1.29 is 9.53 Å². The van der Waals surface area contributed by atoms with Gasteiger partial charge in [0.1, 0.15) is 4.88 Å². The van der Waals surface area contributed by atoms with Crippen LogP contribution in [-0.2, 0) is 11.3 Å². The fraction of sp³-hybridized carbons (Fsp3) is 0.276. The largest absolute Gasteiger partial charge is 0.368 e. The number of hydrogen-bond donors (Lipinski definition) is 0. The van der Waals surface area contributed by atoms with Crippen LogP contribution >= 0.6 is 34.5 Å². The molecule has 0 radical (unpaired) electrons. The van der Waals surface area contributed by atoms with Crippen molar-refractivity contribution in [2.75, 3.05) is 32.7 Å². The molecule has 1 fully saturated rings. The molecule has 0 saturated carbocycles. The summed E-state index contributed by atoms with van der Waals surface area (Å²) in [6.07, 6.45) is -0.0953. The Morgan fingerprint density at radius 3 is 2.44 bits per heavy atom. The minimum Gasteiger partial charge on any atom is -0.368 e. The summed E-state index contributed by atoms with van der Waals surface area (Å²) >= 11 is 14.2. The van der Waals surface area contributed by atoms with Crippen LogP contribution in [0, 0.1) is 6.92 Å². The van der Waals surface area contributed by atoms with Gasteiger partial charge >= 0.3 is 0 Å². The number of nitrogens with zero attached hydrogens (tertiary/aromatic N) is 2. The minimum absolute atomic E-state index is 0.0193. The van der Waals surface area contributed by atoms with E-state index in [1.165, 1.54) is 16.9 Å². The number of carbonyl (C=O) groups is 1. The topological polar surface area (TPSA) is 32.8 Å². The quantitative estimate of drug-likeness (QED) is 0.248. The summed E-state index contributed by atoms with van der Waals surface area (Å²) in [4.78, 5) is 18.2. The maximum atomic E-state index is 13.3. The van der Waals surface area contributed by atoms with E-state index in [2.05, 4.69) is 36.1 Å². The molecule has 1 aromatic heterocycles. The Bertz CT molecular complexity index is 1350. The highest BCUT2D eigenvalue weighted by Crippen LogP contribution is 2.36. The Morgan fingerprint density at radius 1 is 0.972 bits per heavy atom. The van der Waals surface area contributed by atoms with Gasteiger partial charge < -0.3 is 9.64 Å². The van der Waals surface area contributed by atoms with Gasteiger partial charge in [-0.15, -0.1) is 11.3 Å². The molecule has 0 spiro atoms. The molecule has 0 unspecified atom stereocenters. The third kappa shape index (κ3) is 5.77. The summed E-state index contributed by atoms with van der Waals surface area (Å²) in [5.74, 6) is 0.0193. The van der Waals surface area contributed by atoms with Crippen LogP contribution in [0.2, 0.25) is 10.0 Å². The Morgan fingerprint density at radius 2 is 1.72 bits per heavy atom. The first kappa shape index (κ1) is 25.2. The Labute approximate surface area is 226 Å². The van der Waals surface area contributed by atoms with Gasteiger partial charge in [0.05, 0.1) is 17.7 Å². The molecule has 0 aliphatic carbocycles. The molecule has 36 heavy (non-hydrogen) atoms. The zero-order valence-electron chi connectivity index (χ0n) is 20.1. The van der Waals surface area contributed by atoms with Gasteiger partial charge in [-0.2, -0.15) is 0 Å². The number of fused-ring (bicyclic) bond motifs is 1. The van der Waals surface area contributed by atoms with E-state index in [1.54, 1.807) is 0 Å². The van der Waals surface area contributed by atoms with E-state index in [9.17, 15) is 4.79 Å². The molecule has 1 aliphatic heterocycles. The van der Waals surface area contributed by atoms with Crippen LogP contribution in [0.5, 0.6) is 0 Å². The molecule has 2 heterocycles. The number of amides is 1. The first-order chi connectivity index (χ1) is 17.5. The second kappa shape index (κ2) is 11.3. The molecule has 3 aromatic carbocycles. The second-order valence-corrected chi connectivity index (χ2v) is 11.0. The summed E-state index contributed by atoms with van der Waals surface area (Å²) in [6, 6.07) is 24.2. The van der Waals surface area contributed by atoms with Crippen LogP contribution in [0.4, 0.5) is 0 Å². The molecule has 4 nitrogen and oxygen atoms in total. The number of aryl methyl sites for hydroxylation is 1. The number of benzene rings is 3. The zero-order chi connectivity index (χ0) is 25.1. The van der Waals surface area contributed by atoms with Crippen LogP contribution in [0.15, 0.2) is 72.8 Å². The molecular formula is C29H28Cl2N2O2S. The van der Waals surface area contributed by atoms with Crippen molar-refractivity contribution >= 4 is 50.5 Å². The molecule has 0 N–H and O–H groups in total. The highest BCUT2D eigenvalue weighted by Gasteiger charge is 2.27. The van der Waals surface area contributed by atoms with Crippen molar-refractivity contribution in [2.24, 2.45) is 0 Å². The van der Waals surface area contributed by atoms with Crippen LogP contribution in [0.1, 0.15) is 32.5 Å². The molecule has 186 valence electrons. The lowest BCUT2D eigenvalue weighted by Crippen LogP contribution is -2.49. The SMILES string of the molecule is Cc1cccc(CO[C@H](CN2CCN(C(=O)c3sc4ccccc4c3Cl)CC2)c2ccc(Cl)cc2)c1.